The number of amides is 1. The van der Waals surface area contributed by atoms with E-state index in [0.717, 1.165) is 68.8 Å². The Bertz CT molecular complexity index is 2110. The maximum absolute atomic E-state index is 12.4. The monoisotopic (exact) mass is 790 g/mol. The van der Waals surface area contributed by atoms with Crippen LogP contribution in [0.2, 0.25) is 0 Å². The number of para-hydroxylation sites is 2. The van der Waals surface area contributed by atoms with Crippen LogP contribution >= 0.6 is 34.0 Å². The molecule has 288 valence electrons. The number of piperidine rings is 1. The minimum atomic E-state index is -0.490. The van der Waals surface area contributed by atoms with Crippen LogP contribution in [0.25, 0.3) is 31.0 Å². The summed E-state index contributed by atoms with van der Waals surface area (Å²) in [6, 6.07) is 14.5. The number of rotatable bonds is 3. The number of ketones is 1. The minimum absolute atomic E-state index is 0.266. The van der Waals surface area contributed by atoms with Crippen LogP contribution in [-0.4, -0.2) is 64.1 Å². The highest BCUT2D eigenvalue weighted by atomic mass is 32.1. The van der Waals surface area contributed by atoms with Gasteiger partial charge >= 0.3 is 6.09 Å². The molecule has 0 spiro atoms. The molecule has 0 atom stereocenters. The number of carbonyl (C=O) groups excluding carboxylic acids is 3. The number of aromatic nitrogens is 2. The number of nitrogen functional groups attached to an aromatic ring is 1. The predicted molar refractivity (Wildman–Crippen MR) is 220 cm³/mol. The molecule has 5 aromatic rings. The summed E-state index contributed by atoms with van der Waals surface area (Å²) in [6.45, 7) is 18.7. The van der Waals surface area contributed by atoms with Gasteiger partial charge in [0, 0.05) is 42.9 Å². The van der Waals surface area contributed by atoms with E-state index >= 15 is 0 Å². The van der Waals surface area contributed by atoms with Gasteiger partial charge in [-0.05, 0) is 90.6 Å². The van der Waals surface area contributed by atoms with Gasteiger partial charge in [0.05, 0.1) is 44.5 Å². The summed E-state index contributed by atoms with van der Waals surface area (Å²) in [5, 5.41) is 14.3. The largest absolute Gasteiger partial charge is 0.462 e. The SMILES string of the molecule is CC(C)(C)OC=O.Cc1cccc2sc(-c3c(N)sc4c3CCN(C(=O)OC(C)(C)C)C4)nc12.Cc1cccc2sc(CC#N)nc12.O=C1CCNCC1. The number of hydrogen-bond donors (Lipinski definition) is 2. The average molecular weight is 791 g/mol. The highest BCUT2D eigenvalue weighted by Crippen LogP contribution is 2.44. The van der Waals surface area contributed by atoms with E-state index in [4.69, 9.17) is 20.7 Å². The molecule has 3 aromatic heterocycles. The zero-order chi connectivity index (χ0) is 39.6. The lowest BCUT2D eigenvalue weighted by atomic mass is 10.0. The summed E-state index contributed by atoms with van der Waals surface area (Å²) in [6.07, 6.45) is 2.39. The van der Waals surface area contributed by atoms with Gasteiger partial charge in [-0.3, -0.25) is 9.59 Å². The summed E-state index contributed by atoms with van der Waals surface area (Å²) < 4.78 is 12.4. The first-order valence-corrected chi connectivity index (χ1v) is 20.2. The zero-order valence-corrected chi connectivity index (χ0v) is 34.8. The molecule has 0 saturated carbocycles. The molecular formula is C40H50N6O5S3. The second-order valence-corrected chi connectivity index (χ2v) is 18.1. The summed E-state index contributed by atoms with van der Waals surface area (Å²) in [5.74, 6) is 0.402. The third-order valence-electron chi connectivity index (χ3n) is 8.03. The Morgan fingerprint density at radius 2 is 1.56 bits per heavy atom. The van der Waals surface area contributed by atoms with Crippen LogP contribution in [0.3, 0.4) is 0 Å². The number of hydrogen-bond acceptors (Lipinski definition) is 13. The second kappa shape index (κ2) is 18.8. The van der Waals surface area contributed by atoms with Gasteiger partial charge < -0.3 is 25.4 Å². The molecule has 2 aliphatic heterocycles. The molecule has 2 aromatic carbocycles. The number of benzene rings is 2. The molecular weight excluding hydrogens is 741 g/mol. The Kier molecular flexibility index (Phi) is 14.7. The first-order chi connectivity index (χ1) is 25.5. The number of carbonyl (C=O) groups is 3. The van der Waals surface area contributed by atoms with E-state index in [-0.39, 0.29) is 11.7 Å². The molecule has 54 heavy (non-hydrogen) atoms. The number of ether oxygens (including phenoxy) is 2. The normalized spacial score (nSPS) is 14.0. The molecule has 1 saturated heterocycles. The molecule has 1 amide bonds. The molecule has 0 aliphatic carbocycles. The van der Waals surface area contributed by atoms with Crippen molar-refractivity contribution in [3.8, 4) is 16.6 Å². The second-order valence-electron chi connectivity index (χ2n) is 14.8. The number of Topliss-reactive ketones (excluding diaryl/α,β-unsaturated/α-hetero) is 1. The van der Waals surface area contributed by atoms with Gasteiger partial charge in [0.25, 0.3) is 6.47 Å². The molecule has 0 unspecified atom stereocenters. The molecule has 11 nitrogen and oxygen atoms in total. The molecule has 5 heterocycles. The number of aryl methyl sites for hydroxylation is 2. The van der Waals surface area contributed by atoms with E-state index in [1.807, 2.05) is 66.7 Å². The van der Waals surface area contributed by atoms with Crippen molar-refractivity contribution in [3.05, 3.63) is 63.0 Å². The Morgan fingerprint density at radius 1 is 0.944 bits per heavy atom. The summed E-state index contributed by atoms with van der Waals surface area (Å²) >= 11 is 4.84. The van der Waals surface area contributed by atoms with Crippen LogP contribution < -0.4 is 11.1 Å². The smallest absolute Gasteiger partial charge is 0.410 e. The lowest BCUT2D eigenvalue weighted by Gasteiger charge is -2.30. The van der Waals surface area contributed by atoms with Crippen LogP contribution in [0.15, 0.2) is 36.4 Å². The van der Waals surface area contributed by atoms with E-state index in [1.165, 1.54) is 26.1 Å². The fourth-order valence-corrected chi connectivity index (χ4v) is 8.77. The van der Waals surface area contributed by atoms with Crippen LogP contribution in [0.4, 0.5) is 9.80 Å². The fraction of sp³-hybridized carbons (Fsp3) is 0.450. The van der Waals surface area contributed by atoms with Crippen molar-refractivity contribution < 1.29 is 23.9 Å². The van der Waals surface area contributed by atoms with Gasteiger partial charge in [0.15, 0.2) is 0 Å². The quantitative estimate of drug-likeness (QED) is 0.169. The number of thiazole rings is 2. The predicted octanol–water partition coefficient (Wildman–Crippen LogP) is 8.78. The number of nitrogens with two attached hydrogens (primary N) is 1. The maximum atomic E-state index is 12.4. The minimum Gasteiger partial charge on any atom is -0.462 e. The topological polar surface area (TPSA) is 161 Å². The lowest BCUT2D eigenvalue weighted by Crippen LogP contribution is -2.39. The molecule has 1 fully saturated rings. The number of fused-ring (bicyclic) bond motifs is 3. The van der Waals surface area contributed by atoms with E-state index in [0.29, 0.717) is 31.8 Å². The van der Waals surface area contributed by atoms with Crippen molar-refractivity contribution in [1.82, 2.24) is 20.2 Å². The van der Waals surface area contributed by atoms with E-state index in [9.17, 15) is 14.4 Å². The molecule has 3 N–H and O–H groups in total. The van der Waals surface area contributed by atoms with Crippen molar-refractivity contribution in [2.75, 3.05) is 25.4 Å². The van der Waals surface area contributed by atoms with Crippen molar-refractivity contribution in [2.45, 2.75) is 98.8 Å². The van der Waals surface area contributed by atoms with Crippen LogP contribution in [0, 0.1) is 25.2 Å². The van der Waals surface area contributed by atoms with Crippen LogP contribution in [0.5, 0.6) is 0 Å². The van der Waals surface area contributed by atoms with Gasteiger partial charge in [-0.25, -0.2) is 14.8 Å². The standard InChI is InChI=1S/C20H23N3O2S2.C10H8N2S.C5H9NO.C5H10O2/c1-11-6-5-7-13-16(11)22-18(27-13)15-12-8-9-23(10-14(12)26-17(15)21)19(24)25-20(2,3)4;1-7-3-2-4-8-10(7)12-9(13-8)5-6-11;7-5-1-3-6-4-2-5;1-5(2,3)7-4-6/h5-7H,8-10,21H2,1-4H3;2-4H,5H2,1H3;6H,1-4H2;4H,1-3H3. The summed E-state index contributed by atoms with van der Waals surface area (Å²) in [7, 11) is 0. The highest BCUT2D eigenvalue weighted by molar-refractivity contribution is 7.22. The van der Waals surface area contributed by atoms with E-state index < -0.39 is 5.60 Å². The third-order valence-corrected chi connectivity index (χ3v) is 11.1. The highest BCUT2D eigenvalue weighted by Gasteiger charge is 2.30. The van der Waals surface area contributed by atoms with Gasteiger partial charge in [-0.15, -0.1) is 34.0 Å². The molecule has 2 aliphatic rings. The maximum Gasteiger partial charge on any atom is 0.410 e. The van der Waals surface area contributed by atoms with Crippen molar-refractivity contribution in [2.24, 2.45) is 0 Å². The van der Waals surface area contributed by atoms with Crippen LogP contribution in [-0.2, 0) is 38.4 Å². The molecule has 0 radical (unpaired) electrons. The molecule has 0 bridgehead atoms. The zero-order valence-electron chi connectivity index (χ0n) is 32.3. The lowest BCUT2D eigenvalue weighted by molar-refractivity contribution is -0.138. The number of nitrogens with one attached hydrogen (secondary N) is 1. The number of nitrogens with zero attached hydrogens (tertiary/aromatic N) is 4. The van der Waals surface area contributed by atoms with E-state index in [2.05, 4.69) is 46.2 Å². The first-order valence-electron chi connectivity index (χ1n) is 17.8. The fourth-order valence-electron chi connectivity index (χ4n) is 5.46. The first kappa shape index (κ1) is 42.3. The van der Waals surface area contributed by atoms with Crippen LogP contribution in [0.1, 0.15) is 81.0 Å². The van der Waals surface area contributed by atoms with Gasteiger partial charge in [-0.2, -0.15) is 5.26 Å². The Labute approximate surface area is 329 Å². The Balaban J connectivity index is 0.000000197. The van der Waals surface area contributed by atoms with Crippen molar-refractivity contribution in [3.63, 3.8) is 0 Å². The number of thiophene rings is 1. The Morgan fingerprint density at radius 3 is 2.04 bits per heavy atom. The van der Waals surface area contributed by atoms with Gasteiger partial charge in [-0.1, -0.05) is 24.3 Å². The molecule has 14 heteroatoms. The van der Waals surface area contributed by atoms with Crippen molar-refractivity contribution >= 4 is 77.8 Å². The summed E-state index contributed by atoms with van der Waals surface area (Å²) in [4.78, 5) is 44.6. The number of nitriles is 1. The summed E-state index contributed by atoms with van der Waals surface area (Å²) in [5.41, 5.74) is 12.3. The van der Waals surface area contributed by atoms with Gasteiger partial charge in [0.1, 0.15) is 27.0 Å². The molecule has 7 rings (SSSR count). The Hall–Kier alpha value is -4.42. The van der Waals surface area contributed by atoms with Gasteiger partial charge in [0.2, 0.25) is 0 Å². The average Bonchev–Trinajstić information content (AvgIpc) is 3.80. The number of anilines is 1. The third kappa shape index (κ3) is 12.0. The van der Waals surface area contributed by atoms with Crippen molar-refractivity contribution in [1.29, 1.82) is 5.26 Å². The van der Waals surface area contributed by atoms with E-state index in [1.54, 1.807) is 38.9 Å².